The third kappa shape index (κ3) is 14.1. The molecule has 1 aliphatic heterocycles. The molecule has 0 bridgehead atoms. The number of hydrogen-bond donors (Lipinski definition) is 7. The average Bonchev–Trinajstić information content (AvgIpc) is 3.21. The fourth-order valence-corrected chi connectivity index (χ4v) is 7.78. The molecule has 0 unspecified atom stereocenters. The highest BCUT2D eigenvalue weighted by Gasteiger charge is 2.25. The zero-order valence-corrected chi connectivity index (χ0v) is 32.4. The maximum atomic E-state index is 13.0. The Bertz CT molecular complexity index is 1480. The van der Waals surface area contributed by atoms with Crippen LogP contribution in [0.1, 0.15) is 103 Å². The van der Waals surface area contributed by atoms with Crippen LogP contribution in [0.3, 0.4) is 0 Å². The van der Waals surface area contributed by atoms with E-state index in [1.807, 2.05) is 29.2 Å². The van der Waals surface area contributed by atoms with Crippen LogP contribution in [-0.2, 0) is 9.59 Å². The van der Waals surface area contributed by atoms with Crippen molar-refractivity contribution >= 4 is 46.4 Å². The first-order valence-corrected chi connectivity index (χ1v) is 20.8. The van der Waals surface area contributed by atoms with Gasteiger partial charge in [-0.05, 0) is 95.5 Å². The number of aliphatic imine (C=N–C) groups is 1. The Kier molecular flexibility index (Phi) is 17.7. The number of nitrogens with one attached hydrogen (secondary N) is 5. The van der Waals surface area contributed by atoms with E-state index in [4.69, 9.17) is 21.5 Å². The Morgan fingerprint density at radius 1 is 0.907 bits per heavy atom. The second kappa shape index (κ2) is 23.1. The number of aromatic nitrogens is 2. The first-order valence-electron chi connectivity index (χ1n) is 20.8. The van der Waals surface area contributed by atoms with Gasteiger partial charge >= 0.3 is 0 Å². The van der Waals surface area contributed by atoms with E-state index in [-0.39, 0.29) is 24.3 Å². The molecule has 2 amide bonds. The van der Waals surface area contributed by atoms with Crippen molar-refractivity contribution in [2.24, 2.45) is 27.6 Å². The predicted octanol–water partition coefficient (Wildman–Crippen LogP) is 3.93. The number of carbonyl (C=O) groups excluding carboxylic acids is 2. The monoisotopic (exact) mass is 747 g/mol. The molecule has 1 aromatic carbocycles. The zero-order valence-electron chi connectivity index (χ0n) is 32.4. The number of likely N-dealkylation sites (tertiary alicyclic amines) is 1. The van der Waals surface area contributed by atoms with Gasteiger partial charge in [0.25, 0.3) is 0 Å². The number of rotatable bonds is 21. The Balaban J connectivity index is 0.993. The molecule has 54 heavy (non-hydrogen) atoms. The molecule has 2 heterocycles. The van der Waals surface area contributed by atoms with Gasteiger partial charge in [0.2, 0.25) is 17.8 Å². The molecular weight excluding hydrogens is 681 g/mol. The molecule has 14 heteroatoms. The van der Waals surface area contributed by atoms with Crippen LogP contribution < -0.4 is 38.2 Å². The van der Waals surface area contributed by atoms with Crippen LogP contribution in [0.5, 0.6) is 0 Å². The Morgan fingerprint density at radius 3 is 2.43 bits per heavy atom. The van der Waals surface area contributed by atoms with Crippen LogP contribution >= 0.6 is 0 Å². The third-order valence-corrected chi connectivity index (χ3v) is 11.1. The molecule has 0 spiro atoms. The fraction of sp³-hybridized carbons (Fsp3) is 0.700. The molecule has 3 fully saturated rings. The average molecular weight is 747 g/mol. The van der Waals surface area contributed by atoms with E-state index in [1.54, 1.807) is 6.21 Å². The number of para-hydroxylation sites is 1. The highest BCUT2D eigenvalue weighted by Crippen LogP contribution is 2.25. The van der Waals surface area contributed by atoms with Crippen molar-refractivity contribution in [2.45, 2.75) is 121 Å². The fourth-order valence-electron chi connectivity index (χ4n) is 7.78. The second-order valence-corrected chi connectivity index (χ2v) is 15.4. The largest absolute Gasteiger partial charge is 0.367 e. The number of carbonyl (C=O) groups is 2. The van der Waals surface area contributed by atoms with E-state index < -0.39 is 6.04 Å². The van der Waals surface area contributed by atoms with Gasteiger partial charge in [-0.1, -0.05) is 50.7 Å². The lowest BCUT2D eigenvalue weighted by atomic mass is 9.89. The van der Waals surface area contributed by atoms with Crippen LogP contribution in [0.2, 0.25) is 0 Å². The summed E-state index contributed by atoms with van der Waals surface area (Å²) in [5.41, 5.74) is 7.59. The second-order valence-electron chi connectivity index (χ2n) is 15.4. The quantitative estimate of drug-likeness (QED) is 0.0425. The lowest BCUT2D eigenvalue weighted by Gasteiger charge is -2.33. The highest BCUT2D eigenvalue weighted by molar-refractivity contribution is 6.32. The summed E-state index contributed by atoms with van der Waals surface area (Å²) in [6.07, 6.45) is 18.9. The smallest absolute Gasteiger partial charge is 0.236 e. The van der Waals surface area contributed by atoms with E-state index in [9.17, 15) is 9.59 Å². The number of amides is 2. The van der Waals surface area contributed by atoms with Gasteiger partial charge in [0.15, 0.2) is 0 Å². The Hall–Kier alpha value is -3.88. The predicted molar refractivity (Wildman–Crippen MR) is 220 cm³/mol. The van der Waals surface area contributed by atoms with Crippen LogP contribution in [-0.4, -0.2) is 109 Å². The summed E-state index contributed by atoms with van der Waals surface area (Å²) >= 11 is 0. The van der Waals surface area contributed by atoms with Crippen molar-refractivity contribution in [1.82, 2.24) is 30.8 Å². The molecule has 3 aliphatic rings. The molecule has 1 aromatic heterocycles. The number of fused-ring (bicyclic) bond motifs is 1. The van der Waals surface area contributed by atoms with Gasteiger partial charge in [-0.2, -0.15) is 10.1 Å². The van der Waals surface area contributed by atoms with Crippen molar-refractivity contribution in [3.05, 3.63) is 24.3 Å². The van der Waals surface area contributed by atoms with Gasteiger partial charge in [0, 0.05) is 56.3 Å². The number of benzene rings is 1. The number of nitrogens with two attached hydrogens (primary N) is 2. The third-order valence-electron chi connectivity index (χ3n) is 11.1. The minimum absolute atomic E-state index is 0.0496. The lowest BCUT2D eigenvalue weighted by Crippen LogP contribution is -2.45. The molecule has 5 rings (SSSR count). The molecule has 2 aromatic rings. The highest BCUT2D eigenvalue weighted by atomic mass is 16.2. The SMILES string of the molecule is NN=C(C=NCCCNCCCNC1CCCCC1)CNc1nc(NC2CCN(C(=O)CC[C@H](N)C(=O)NCC3CCCCC3)CC2)c2ccccc2n1. The van der Waals surface area contributed by atoms with E-state index >= 15 is 0 Å². The van der Waals surface area contributed by atoms with Crippen molar-refractivity contribution in [2.75, 3.05) is 63.0 Å². The standard InChI is InChI=1S/C40H66N12O2/c41-35(39(54)46-27-30-11-3-1-4-12-30)17-18-37(53)52-25-19-32(20-26-52)48-38-34-15-7-8-16-36(34)49-40(50-38)47-29-33(51-42)28-44-23-9-21-43-22-10-24-45-31-13-5-2-6-14-31/h7-8,15-16,28,30-32,35,43,45H,1-6,9-14,17-27,29,41-42H2,(H,46,54)(H2,47,48,49,50)/t35-/m0/s1. The Morgan fingerprint density at radius 2 is 1.65 bits per heavy atom. The zero-order chi connectivity index (χ0) is 37.8. The van der Waals surface area contributed by atoms with E-state index in [1.165, 1.54) is 64.2 Å². The summed E-state index contributed by atoms with van der Waals surface area (Å²) in [5, 5.41) is 22.0. The first kappa shape index (κ1) is 41.3. The van der Waals surface area contributed by atoms with Crippen LogP contribution in [0, 0.1) is 5.92 Å². The molecule has 1 saturated heterocycles. The summed E-state index contributed by atoms with van der Waals surface area (Å²) < 4.78 is 0. The van der Waals surface area contributed by atoms with Crippen molar-refractivity contribution in [3.8, 4) is 0 Å². The van der Waals surface area contributed by atoms with Gasteiger partial charge in [-0.3, -0.25) is 14.6 Å². The van der Waals surface area contributed by atoms with Crippen LogP contribution in [0.15, 0.2) is 34.4 Å². The number of anilines is 2. The molecule has 2 aliphatic carbocycles. The summed E-state index contributed by atoms with van der Waals surface area (Å²) in [5.74, 6) is 7.36. The van der Waals surface area contributed by atoms with Crippen molar-refractivity contribution < 1.29 is 9.59 Å². The molecular formula is C40H66N12O2. The van der Waals surface area contributed by atoms with Gasteiger partial charge < -0.3 is 43.1 Å². The van der Waals surface area contributed by atoms with Gasteiger partial charge in [-0.15, -0.1) is 0 Å². The lowest BCUT2D eigenvalue weighted by molar-refractivity contribution is -0.132. The van der Waals surface area contributed by atoms with Gasteiger partial charge in [0.1, 0.15) is 5.82 Å². The molecule has 14 nitrogen and oxygen atoms in total. The number of piperidine rings is 1. The van der Waals surface area contributed by atoms with Gasteiger partial charge in [0.05, 0.1) is 23.8 Å². The van der Waals surface area contributed by atoms with Crippen molar-refractivity contribution in [1.29, 1.82) is 0 Å². The molecule has 0 radical (unpaired) electrons. The van der Waals surface area contributed by atoms with Crippen LogP contribution in [0.4, 0.5) is 11.8 Å². The first-order chi connectivity index (χ1) is 26.5. The van der Waals surface area contributed by atoms with E-state index in [0.717, 1.165) is 68.1 Å². The minimum Gasteiger partial charge on any atom is -0.367 e. The number of hydrazone groups is 1. The Labute approximate surface area is 321 Å². The van der Waals surface area contributed by atoms with Crippen LogP contribution in [0.25, 0.3) is 10.9 Å². The van der Waals surface area contributed by atoms with Crippen molar-refractivity contribution in [3.63, 3.8) is 0 Å². The molecule has 2 saturated carbocycles. The van der Waals surface area contributed by atoms with E-state index in [0.29, 0.717) is 56.7 Å². The normalized spacial score (nSPS) is 18.6. The maximum Gasteiger partial charge on any atom is 0.236 e. The van der Waals surface area contributed by atoms with Gasteiger partial charge in [-0.25, -0.2) is 4.98 Å². The number of hydrogen-bond acceptors (Lipinski definition) is 12. The molecule has 9 N–H and O–H groups in total. The van der Waals surface area contributed by atoms with E-state index in [2.05, 4.69) is 36.7 Å². The molecule has 298 valence electrons. The topological polar surface area (TPSA) is 200 Å². The summed E-state index contributed by atoms with van der Waals surface area (Å²) in [6, 6.07) is 8.13. The molecule has 1 atom stereocenters. The summed E-state index contributed by atoms with van der Waals surface area (Å²) in [4.78, 5) is 41.5. The minimum atomic E-state index is -0.661. The summed E-state index contributed by atoms with van der Waals surface area (Å²) in [6.45, 7) is 6.03. The number of nitrogens with zero attached hydrogens (tertiary/aromatic N) is 5. The summed E-state index contributed by atoms with van der Waals surface area (Å²) in [7, 11) is 0. The maximum absolute atomic E-state index is 13.0.